The normalized spacial score (nSPS) is 23.0. The molecule has 5 heteroatoms. The molecule has 23 heavy (non-hydrogen) atoms. The van der Waals surface area contributed by atoms with Crippen LogP contribution in [0.2, 0.25) is 0 Å². The molecule has 1 saturated carbocycles. The Hall–Kier alpha value is -1.88. The van der Waals surface area contributed by atoms with Crippen molar-refractivity contribution in [3.8, 4) is 5.75 Å². The minimum atomic E-state index is 0.105. The van der Waals surface area contributed by atoms with E-state index in [1.807, 2.05) is 34.5 Å². The number of hydrogen-bond donors (Lipinski definition) is 0. The third-order valence-corrected chi connectivity index (χ3v) is 5.63. The summed E-state index contributed by atoms with van der Waals surface area (Å²) in [6.45, 7) is 2.22. The highest BCUT2D eigenvalue weighted by Crippen LogP contribution is 2.38. The van der Waals surface area contributed by atoms with Crippen molar-refractivity contribution in [1.82, 2.24) is 9.88 Å². The van der Waals surface area contributed by atoms with Gasteiger partial charge in [0.05, 0.1) is 16.8 Å². The van der Waals surface area contributed by atoms with Gasteiger partial charge in [-0.1, -0.05) is 18.6 Å². The molecule has 0 N–H and O–H groups in total. The molecule has 4 rings (SSSR count). The van der Waals surface area contributed by atoms with Gasteiger partial charge in [0.2, 0.25) is 0 Å². The molecule has 120 valence electrons. The second-order valence-electron chi connectivity index (χ2n) is 6.43. The van der Waals surface area contributed by atoms with Gasteiger partial charge in [0.1, 0.15) is 12.4 Å². The van der Waals surface area contributed by atoms with Crippen LogP contribution in [-0.2, 0) is 6.61 Å². The molecule has 2 fully saturated rings. The Morgan fingerprint density at radius 3 is 2.78 bits per heavy atom. The van der Waals surface area contributed by atoms with Crippen molar-refractivity contribution in [2.45, 2.75) is 25.9 Å². The SMILES string of the molecule is O=C(c1ccccc1OCc1cscn1)N1CC2CCCC2C1. The van der Waals surface area contributed by atoms with E-state index >= 15 is 0 Å². The van der Waals surface area contributed by atoms with Gasteiger partial charge < -0.3 is 9.64 Å². The van der Waals surface area contributed by atoms with Gasteiger partial charge in [-0.15, -0.1) is 11.3 Å². The molecule has 2 aliphatic rings. The number of thiazole rings is 1. The first-order valence-electron chi connectivity index (χ1n) is 8.19. The third-order valence-electron chi connectivity index (χ3n) is 4.99. The van der Waals surface area contributed by atoms with E-state index < -0.39 is 0 Å². The number of aromatic nitrogens is 1. The summed E-state index contributed by atoms with van der Waals surface area (Å²) in [7, 11) is 0. The molecule has 1 aliphatic carbocycles. The van der Waals surface area contributed by atoms with E-state index in [0.29, 0.717) is 29.8 Å². The minimum absolute atomic E-state index is 0.105. The summed E-state index contributed by atoms with van der Waals surface area (Å²) in [5, 5.41) is 1.96. The number of fused-ring (bicyclic) bond motifs is 1. The summed E-state index contributed by atoms with van der Waals surface area (Å²) >= 11 is 1.55. The van der Waals surface area contributed by atoms with Gasteiger partial charge in [-0.05, 0) is 36.8 Å². The Morgan fingerprint density at radius 2 is 2.04 bits per heavy atom. The van der Waals surface area contributed by atoms with Crippen LogP contribution >= 0.6 is 11.3 Å². The average Bonchev–Trinajstić information content (AvgIpc) is 3.29. The van der Waals surface area contributed by atoms with Crippen molar-refractivity contribution in [3.05, 3.63) is 46.4 Å². The quantitative estimate of drug-likeness (QED) is 0.861. The maximum atomic E-state index is 12.9. The molecule has 1 saturated heterocycles. The van der Waals surface area contributed by atoms with Gasteiger partial charge in [0, 0.05) is 18.5 Å². The van der Waals surface area contributed by atoms with Crippen molar-refractivity contribution in [2.24, 2.45) is 11.8 Å². The predicted octanol–water partition coefficient (Wildman–Crippen LogP) is 3.59. The highest BCUT2D eigenvalue weighted by molar-refractivity contribution is 7.07. The molecule has 0 bridgehead atoms. The topological polar surface area (TPSA) is 42.4 Å². The Balaban J connectivity index is 1.48. The van der Waals surface area contributed by atoms with Crippen LogP contribution in [0.5, 0.6) is 5.75 Å². The Bertz CT molecular complexity index is 674. The predicted molar refractivity (Wildman–Crippen MR) is 89.6 cm³/mol. The van der Waals surface area contributed by atoms with Gasteiger partial charge in [0.15, 0.2) is 0 Å². The van der Waals surface area contributed by atoms with Gasteiger partial charge in [-0.3, -0.25) is 4.79 Å². The lowest BCUT2D eigenvalue weighted by molar-refractivity contribution is 0.0775. The zero-order valence-electron chi connectivity index (χ0n) is 13.0. The average molecular weight is 328 g/mol. The lowest BCUT2D eigenvalue weighted by Gasteiger charge is -2.19. The molecule has 2 aromatic rings. The number of carbonyl (C=O) groups excluding carboxylic acids is 1. The molecule has 1 aromatic carbocycles. The van der Waals surface area contributed by atoms with E-state index in [9.17, 15) is 4.79 Å². The zero-order chi connectivity index (χ0) is 15.6. The van der Waals surface area contributed by atoms with Crippen LogP contribution in [0.4, 0.5) is 0 Å². The zero-order valence-corrected chi connectivity index (χ0v) is 13.8. The third kappa shape index (κ3) is 2.98. The fourth-order valence-electron chi connectivity index (χ4n) is 3.80. The summed E-state index contributed by atoms with van der Waals surface area (Å²) in [5.41, 5.74) is 3.36. The standard InChI is InChI=1S/C18H20N2O2S/c21-18(20-8-13-4-3-5-14(13)9-20)16-6-1-2-7-17(16)22-10-15-11-23-12-19-15/h1-2,6-7,11-14H,3-5,8-10H2. The van der Waals surface area contributed by atoms with Crippen LogP contribution in [-0.4, -0.2) is 28.9 Å². The fraction of sp³-hybridized carbons (Fsp3) is 0.444. The lowest BCUT2D eigenvalue weighted by Crippen LogP contribution is -2.29. The maximum Gasteiger partial charge on any atom is 0.257 e. The highest BCUT2D eigenvalue weighted by Gasteiger charge is 2.38. The summed E-state index contributed by atoms with van der Waals surface area (Å²) < 4.78 is 5.85. The molecule has 1 amide bonds. The minimum Gasteiger partial charge on any atom is -0.486 e. The molecular formula is C18H20N2O2S. The number of amides is 1. The second-order valence-corrected chi connectivity index (χ2v) is 7.14. The van der Waals surface area contributed by atoms with E-state index in [1.165, 1.54) is 19.3 Å². The smallest absolute Gasteiger partial charge is 0.257 e. The maximum absolute atomic E-state index is 12.9. The molecular weight excluding hydrogens is 308 g/mol. The Morgan fingerprint density at radius 1 is 1.26 bits per heavy atom. The molecule has 4 nitrogen and oxygen atoms in total. The largest absolute Gasteiger partial charge is 0.486 e. The molecule has 0 spiro atoms. The van der Waals surface area contributed by atoms with Crippen molar-refractivity contribution in [3.63, 3.8) is 0 Å². The fourth-order valence-corrected chi connectivity index (χ4v) is 4.34. The van der Waals surface area contributed by atoms with E-state index in [4.69, 9.17) is 4.74 Å². The van der Waals surface area contributed by atoms with E-state index in [-0.39, 0.29) is 5.91 Å². The van der Waals surface area contributed by atoms with Crippen molar-refractivity contribution in [2.75, 3.05) is 13.1 Å². The van der Waals surface area contributed by atoms with Crippen LogP contribution in [0, 0.1) is 11.8 Å². The first kappa shape index (κ1) is 14.7. The second kappa shape index (κ2) is 6.32. The van der Waals surface area contributed by atoms with E-state index in [1.54, 1.807) is 16.8 Å². The number of hydrogen-bond acceptors (Lipinski definition) is 4. The number of para-hydroxylation sites is 1. The highest BCUT2D eigenvalue weighted by atomic mass is 32.1. The van der Waals surface area contributed by atoms with Crippen LogP contribution in [0.25, 0.3) is 0 Å². The molecule has 1 aromatic heterocycles. The van der Waals surface area contributed by atoms with Crippen molar-refractivity contribution in [1.29, 1.82) is 0 Å². The first-order valence-corrected chi connectivity index (χ1v) is 9.13. The molecule has 0 radical (unpaired) electrons. The Kier molecular flexibility index (Phi) is 4.04. The number of benzene rings is 1. The summed E-state index contributed by atoms with van der Waals surface area (Å²) in [6.07, 6.45) is 3.87. The van der Waals surface area contributed by atoms with E-state index in [2.05, 4.69) is 4.98 Å². The number of carbonyl (C=O) groups is 1. The lowest BCUT2D eigenvalue weighted by atomic mass is 10.0. The molecule has 1 aliphatic heterocycles. The summed E-state index contributed by atoms with van der Waals surface area (Å²) in [5.74, 6) is 2.18. The van der Waals surface area contributed by atoms with E-state index in [0.717, 1.165) is 18.8 Å². The molecule has 2 unspecified atom stereocenters. The van der Waals surface area contributed by atoms with Crippen LogP contribution in [0.1, 0.15) is 35.3 Å². The van der Waals surface area contributed by atoms with Crippen molar-refractivity contribution < 1.29 is 9.53 Å². The number of likely N-dealkylation sites (tertiary alicyclic amines) is 1. The molecule has 2 heterocycles. The number of ether oxygens (including phenoxy) is 1. The van der Waals surface area contributed by atoms with Gasteiger partial charge in [-0.2, -0.15) is 0 Å². The monoisotopic (exact) mass is 328 g/mol. The van der Waals surface area contributed by atoms with Gasteiger partial charge in [0.25, 0.3) is 5.91 Å². The number of nitrogens with zero attached hydrogens (tertiary/aromatic N) is 2. The van der Waals surface area contributed by atoms with Gasteiger partial charge in [-0.25, -0.2) is 4.98 Å². The summed E-state index contributed by atoms with van der Waals surface area (Å²) in [6, 6.07) is 7.55. The Labute approximate surface area is 140 Å². The van der Waals surface area contributed by atoms with Crippen LogP contribution in [0.15, 0.2) is 35.2 Å². The van der Waals surface area contributed by atoms with Crippen LogP contribution in [0.3, 0.4) is 0 Å². The molecule has 2 atom stereocenters. The van der Waals surface area contributed by atoms with Crippen molar-refractivity contribution >= 4 is 17.2 Å². The number of rotatable bonds is 4. The van der Waals surface area contributed by atoms with Gasteiger partial charge >= 0.3 is 0 Å². The van der Waals surface area contributed by atoms with Crippen LogP contribution < -0.4 is 4.74 Å². The summed E-state index contributed by atoms with van der Waals surface area (Å²) in [4.78, 5) is 19.1. The first-order chi connectivity index (χ1) is 11.3.